The fraction of sp³-hybridized carbons (Fsp3) is 0.812. The molecule has 21 heavy (non-hydrogen) atoms. The Balaban J connectivity index is 1.91. The largest absolute Gasteiger partial charge is 0.378 e. The van der Waals surface area contributed by atoms with E-state index in [9.17, 15) is 0 Å². The third-order valence-corrected chi connectivity index (χ3v) is 4.80. The van der Waals surface area contributed by atoms with Gasteiger partial charge in [0.05, 0.1) is 11.8 Å². The minimum absolute atomic E-state index is 0.445. The maximum absolute atomic E-state index is 6.36. The van der Waals surface area contributed by atoms with Gasteiger partial charge in [-0.1, -0.05) is 18.5 Å². The van der Waals surface area contributed by atoms with E-state index in [1.54, 1.807) is 4.68 Å². The van der Waals surface area contributed by atoms with Crippen LogP contribution >= 0.6 is 11.6 Å². The van der Waals surface area contributed by atoms with Crippen molar-refractivity contribution in [2.45, 2.75) is 64.5 Å². The van der Waals surface area contributed by atoms with E-state index < -0.39 is 0 Å². The quantitative estimate of drug-likeness (QED) is 0.840. The van der Waals surface area contributed by atoms with Crippen molar-refractivity contribution in [2.24, 2.45) is 7.05 Å². The Kier molecular flexibility index (Phi) is 6.52. The number of aryl methyl sites for hydroxylation is 2. The molecule has 0 saturated carbocycles. The minimum Gasteiger partial charge on any atom is -0.378 e. The molecule has 2 unspecified atom stereocenters. The SMILES string of the molecule is CCNC(CCC1CCCCO1)Cc1c(C)nn(C)c1Cl. The Morgan fingerprint density at radius 1 is 1.48 bits per heavy atom. The monoisotopic (exact) mass is 313 g/mol. The molecule has 4 nitrogen and oxygen atoms in total. The van der Waals surface area contributed by atoms with Gasteiger partial charge < -0.3 is 10.1 Å². The van der Waals surface area contributed by atoms with Crippen LogP contribution in [0.4, 0.5) is 0 Å². The first-order chi connectivity index (χ1) is 10.1. The fourth-order valence-corrected chi connectivity index (χ4v) is 3.39. The van der Waals surface area contributed by atoms with Gasteiger partial charge in [-0.15, -0.1) is 0 Å². The molecule has 0 bridgehead atoms. The third-order valence-electron chi connectivity index (χ3n) is 4.32. The summed E-state index contributed by atoms with van der Waals surface area (Å²) >= 11 is 6.36. The van der Waals surface area contributed by atoms with Crippen LogP contribution in [-0.4, -0.2) is 35.1 Å². The number of ether oxygens (including phenoxy) is 1. The Hall–Kier alpha value is -0.580. The van der Waals surface area contributed by atoms with Gasteiger partial charge in [-0.2, -0.15) is 5.10 Å². The molecule has 1 fully saturated rings. The summed E-state index contributed by atoms with van der Waals surface area (Å²) in [6.07, 6.45) is 7.40. The molecular formula is C16H28ClN3O. The van der Waals surface area contributed by atoms with Gasteiger partial charge in [0, 0.05) is 25.3 Å². The number of hydrogen-bond acceptors (Lipinski definition) is 3. The van der Waals surface area contributed by atoms with Gasteiger partial charge in [-0.25, -0.2) is 0 Å². The van der Waals surface area contributed by atoms with Crippen LogP contribution in [0, 0.1) is 6.92 Å². The molecule has 0 spiro atoms. The van der Waals surface area contributed by atoms with E-state index in [1.165, 1.54) is 24.8 Å². The lowest BCUT2D eigenvalue weighted by atomic mass is 9.97. The number of likely N-dealkylation sites (N-methyl/N-ethyl adjacent to an activating group) is 1. The lowest BCUT2D eigenvalue weighted by molar-refractivity contribution is 0.00860. The molecule has 0 aliphatic carbocycles. The predicted octanol–water partition coefficient (Wildman–Crippen LogP) is 3.25. The van der Waals surface area contributed by atoms with Crippen LogP contribution < -0.4 is 5.32 Å². The van der Waals surface area contributed by atoms with Crippen LogP contribution in [0.25, 0.3) is 0 Å². The van der Waals surface area contributed by atoms with Gasteiger partial charge >= 0.3 is 0 Å². The summed E-state index contributed by atoms with van der Waals surface area (Å²) in [5.74, 6) is 0. The third kappa shape index (κ3) is 4.70. The molecule has 5 heteroatoms. The molecule has 1 N–H and O–H groups in total. The van der Waals surface area contributed by atoms with Crippen LogP contribution in [0.3, 0.4) is 0 Å². The van der Waals surface area contributed by atoms with Crippen molar-refractivity contribution in [1.29, 1.82) is 0 Å². The van der Waals surface area contributed by atoms with Gasteiger partial charge in [-0.05, 0) is 52.0 Å². The van der Waals surface area contributed by atoms with Crippen LogP contribution in [0.1, 0.15) is 50.3 Å². The molecule has 1 aromatic heterocycles. The van der Waals surface area contributed by atoms with Crippen molar-refractivity contribution in [2.75, 3.05) is 13.2 Å². The Morgan fingerprint density at radius 3 is 2.86 bits per heavy atom. The van der Waals surface area contributed by atoms with Crippen molar-refractivity contribution in [3.63, 3.8) is 0 Å². The molecule has 1 aliphatic rings. The first-order valence-corrected chi connectivity index (χ1v) is 8.52. The summed E-state index contributed by atoms with van der Waals surface area (Å²) in [7, 11) is 1.90. The van der Waals surface area contributed by atoms with E-state index >= 15 is 0 Å². The van der Waals surface area contributed by atoms with E-state index in [-0.39, 0.29) is 0 Å². The van der Waals surface area contributed by atoms with E-state index in [0.717, 1.165) is 43.3 Å². The number of aromatic nitrogens is 2. The lowest BCUT2D eigenvalue weighted by Gasteiger charge is -2.25. The maximum Gasteiger partial charge on any atom is 0.130 e. The van der Waals surface area contributed by atoms with Gasteiger partial charge in [0.1, 0.15) is 5.15 Å². The second-order valence-electron chi connectivity index (χ2n) is 6.00. The molecule has 120 valence electrons. The lowest BCUT2D eigenvalue weighted by Crippen LogP contribution is -2.33. The summed E-state index contributed by atoms with van der Waals surface area (Å²) in [6.45, 7) is 6.10. The molecule has 1 aliphatic heterocycles. The number of hydrogen-bond donors (Lipinski definition) is 1. The standard InChI is InChI=1S/C16H28ClN3O/c1-4-18-13(8-9-14-7-5-6-10-21-14)11-15-12(2)19-20(3)16(15)17/h13-14,18H,4-11H2,1-3H3. The Morgan fingerprint density at radius 2 is 2.29 bits per heavy atom. The number of rotatable bonds is 7. The van der Waals surface area contributed by atoms with Gasteiger partial charge in [0.25, 0.3) is 0 Å². The van der Waals surface area contributed by atoms with Crippen LogP contribution in [0.2, 0.25) is 5.15 Å². The second kappa shape index (κ2) is 8.16. The molecule has 0 amide bonds. The van der Waals surface area contributed by atoms with Crippen molar-refractivity contribution >= 4 is 11.6 Å². The predicted molar refractivity (Wildman–Crippen MR) is 86.9 cm³/mol. The molecular weight excluding hydrogens is 286 g/mol. The summed E-state index contributed by atoms with van der Waals surface area (Å²) in [4.78, 5) is 0. The molecule has 1 saturated heterocycles. The van der Waals surface area contributed by atoms with E-state index in [0.29, 0.717) is 12.1 Å². The molecule has 2 atom stereocenters. The van der Waals surface area contributed by atoms with Crippen molar-refractivity contribution < 1.29 is 4.74 Å². The second-order valence-corrected chi connectivity index (χ2v) is 6.36. The zero-order valence-corrected chi connectivity index (χ0v) is 14.2. The van der Waals surface area contributed by atoms with Crippen molar-refractivity contribution in [1.82, 2.24) is 15.1 Å². The van der Waals surface area contributed by atoms with Crippen molar-refractivity contribution in [3.05, 3.63) is 16.4 Å². The molecule has 0 radical (unpaired) electrons. The summed E-state index contributed by atoms with van der Waals surface area (Å²) in [6, 6.07) is 0.445. The Labute approximate surface area is 133 Å². The zero-order valence-electron chi connectivity index (χ0n) is 13.5. The molecule has 0 aromatic carbocycles. The highest BCUT2D eigenvalue weighted by Crippen LogP contribution is 2.23. The van der Waals surface area contributed by atoms with Crippen LogP contribution in [0.15, 0.2) is 0 Å². The minimum atomic E-state index is 0.445. The number of nitrogens with zero attached hydrogens (tertiary/aromatic N) is 2. The van der Waals surface area contributed by atoms with Crippen LogP contribution in [0.5, 0.6) is 0 Å². The van der Waals surface area contributed by atoms with E-state index in [4.69, 9.17) is 16.3 Å². The summed E-state index contributed by atoms with van der Waals surface area (Å²) in [5, 5.41) is 8.76. The smallest absolute Gasteiger partial charge is 0.130 e. The summed E-state index contributed by atoms with van der Waals surface area (Å²) < 4.78 is 7.60. The first kappa shape index (κ1) is 16.8. The maximum atomic E-state index is 6.36. The Bertz CT molecular complexity index is 441. The highest BCUT2D eigenvalue weighted by molar-refractivity contribution is 6.30. The average Bonchev–Trinajstić information content (AvgIpc) is 2.72. The zero-order chi connectivity index (χ0) is 15.2. The highest BCUT2D eigenvalue weighted by atomic mass is 35.5. The van der Waals surface area contributed by atoms with Crippen LogP contribution in [-0.2, 0) is 18.2 Å². The number of halogens is 1. The molecule has 1 aromatic rings. The fourth-order valence-electron chi connectivity index (χ4n) is 3.14. The molecule has 2 rings (SSSR count). The van der Waals surface area contributed by atoms with Gasteiger partial charge in [0.15, 0.2) is 0 Å². The topological polar surface area (TPSA) is 39.1 Å². The highest BCUT2D eigenvalue weighted by Gasteiger charge is 2.19. The average molecular weight is 314 g/mol. The molecule has 2 heterocycles. The van der Waals surface area contributed by atoms with Gasteiger partial charge in [0.2, 0.25) is 0 Å². The first-order valence-electron chi connectivity index (χ1n) is 8.14. The van der Waals surface area contributed by atoms with Crippen molar-refractivity contribution in [3.8, 4) is 0 Å². The summed E-state index contributed by atoms with van der Waals surface area (Å²) in [5.41, 5.74) is 2.22. The normalized spacial score (nSPS) is 20.7. The van der Waals surface area contributed by atoms with E-state index in [1.807, 2.05) is 14.0 Å². The van der Waals surface area contributed by atoms with E-state index in [2.05, 4.69) is 17.3 Å². The number of nitrogens with one attached hydrogen (secondary N) is 1. The van der Waals surface area contributed by atoms with Gasteiger partial charge in [-0.3, -0.25) is 4.68 Å².